The minimum Gasteiger partial charge on any atom is -0.339 e. The molecule has 4 heteroatoms. The summed E-state index contributed by atoms with van der Waals surface area (Å²) in [5.74, 6) is 1.03. The Balaban J connectivity index is 1.55. The maximum Gasteiger partial charge on any atom is 0.243 e. The molecule has 0 aromatic heterocycles. The van der Waals surface area contributed by atoms with Crippen LogP contribution in [0.2, 0.25) is 0 Å². The van der Waals surface area contributed by atoms with Crippen LogP contribution in [-0.4, -0.2) is 48.4 Å². The van der Waals surface area contributed by atoms with Gasteiger partial charge < -0.3 is 4.90 Å². The molecule has 1 heterocycles. The van der Waals surface area contributed by atoms with Crippen molar-refractivity contribution in [1.82, 2.24) is 9.80 Å². The van der Waals surface area contributed by atoms with Gasteiger partial charge in [0.2, 0.25) is 5.91 Å². The van der Waals surface area contributed by atoms with Gasteiger partial charge in [-0.05, 0) is 31.6 Å². The van der Waals surface area contributed by atoms with Crippen molar-refractivity contribution in [2.75, 3.05) is 32.7 Å². The number of hydrogen-bond donors (Lipinski definition) is 0. The summed E-state index contributed by atoms with van der Waals surface area (Å²) in [5, 5.41) is 9.39. The van der Waals surface area contributed by atoms with Crippen molar-refractivity contribution < 1.29 is 4.79 Å². The van der Waals surface area contributed by atoms with Crippen LogP contribution < -0.4 is 0 Å². The lowest BCUT2D eigenvalue weighted by Gasteiger charge is -2.37. The fourth-order valence-electron chi connectivity index (χ4n) is 3.45. The Morgan fingerprint density at radius 2 is 1.79 bits per heavy atom. The molecule has 0 bridgehead atoms. The first-order valence-corrected chi connectivity index (χ1v) is 7.66. The third-order valence-corrected chi connectivity index (χ3v) is 4.95. The van der Waals surface area contributed by atoms with Crippen molar-refractivity contribution in [3.8, 4) is 6.07 Å². The lowest BCUT2D eigenvalue weighted by molar-refractivity contribution is -0.140. The van der Waals surface area contributed by atoms with E-state index in [0.29, 0.717) is 0 Å². The summed E-state index contributed by atoms with van der Waals surface area (Å²) >= 11 is 0. The van der Waals surface area contributed by atoms with Crippen LogP contribution in [0.4, 0.5) is 0 Å². The number of hydrogen-bond acceptors (Lipinski definition) is 3. The van der Waals surface area contributed by atoms with E-state index in [1.54, 1.807) is 0 Å². The summed E-state index contributed by atoms with van der Waals surface area (Å²) < 4.78 is 0. The zero-order valence-electron chi connectivity index (χ0n) is 11.6. The lowest BCUT2D eigenvalue weighted by Crippen LogP contribution is -2.52. The van der Waals surface area contributed by atoms with Crippen molar-refractivity contribution in [3.63, 3.8) is 0 Å². The standard InChI is InChI=1S/C15H23N3O/c16-12-15(5-1-2-6-15)14(19)18-9-7-17(8-10-18)11-13-3-4-13/h13H,1-11H2. The van der Waals surface area contributed by atoms with Gasteiger partial charge in [-0.2, -0.15) is 5.26 Å². The molecule has 1 aliphatic heterocycles. The second-order valence-corrected chi connectivity index (χ2v) is 6.44. The molecule has 2 saturated carbocycles. The predicted molar refractivity (Wildman–Crippen MR) is 72.3 cm³/mol. The normalized spacial score (nSPS) is 27.2. The maximum atomic E-state index is 12.6. The highest BCUT2D eigenvalue weighted by molar-refractivity contribution is 5.86. The van der Waals surface area contributed by atoms with E-state index in [0.717, 1.165) is 57.8 Å². The number of nitrogens with zero attached hydrogens (tertiary/aromatic N) is 3. The van der Waals surface area contributed by atoms with E-state index < -0.39 is 5.41 Å². The fraction of sp³-hybridized carbons (Fsp3) is 0.867. The number of carbonyl (C=O) groups is 1. The van der Waals surface area contributed by atoms with Gasteiger partial charge in [0.25, 0.3) is 0 Å². The number of amides is 1. The summed E-state index contributed by atoms with van der Waals surface area (Å²) in [6.45, 7) is 4.82. The number of rotatable bonds is 3. The highest BCUT2D eigenvalue weighted by Gasteiger charge is 2.44. The SMILES string of the molecule is N#CC1(C(=O)N2CCN(CC3CC3)CC2)CCCC1. The molecule has 2 aliphatic carbocycles. The van der Waals surface area contributed by atoms with Crippen LogP contribution in [0, 0.1) is 22.7 Å². The number of piperazine rings is 1. The van der Waals surface area contributed by atoms with Crippen molar-refractivity contribution in [2.24, 2.45) is 11.3 Å². The van der Waals surface area contributed by atoms with Gasteiger partial charge in [0.1, 0.15) is 5.41 Å². The van der Waals surface area contributed by atoms with Crippen LogP contribution in [0.25, 0.3) is 0 Å². The molecule has 0 radical (unpaired) electrons. The second-order valence-electron chi connectivity index (χ2n) is 6.44. The van der Waals surface area contributed by atoms with Gasteiger partial charge in [0.15, 0.2) is 0 Å². The van der Waals surface area contributed by atoms with E-state index in [9.17, 15) is 10.1 Å². The Morgan fingerprint density at radius 3 is 2.32 bits per heavy atom. The van der Waals surface area contributed by atoms with E-state index in [2.05, 4.69) is 11.0 Å². The summed E-state index contributed by atoms with van der Waals surface area (Å²) in [7, 11) is 0. The van der Waals surface area contributed by atoms with E-state index in [1.807, 2.05) is 4.90 Å². The summed E-state index contributed by atoms with van der Waals surface area (Å²) in [6, 6.07) is 2.32. The summed E-state index contributed by atoms with van der Waals surface area (Å²) in [5.41, 5.74) is -0.682. The van der Waals surface area contributed by atoms with Crippen molar-refractivity contribution in [1.29, 1.82) is 5.26 Å². The Bertz CT molecular complexity index is 383. The van der Waals surface area contributed by atoms with Crippen LogP contribution in [0.15, 0.2) is 0 Å². The molecular weight excluding hydrogens is 238 g/mol. The van der Waals surface area contributed by atoms with Crippen LogP contribution in [-0.2, 0) is 4.79 Å². The zero-order valence-corrected chi connectivity index (χ0v) is 11.6. The Kier molecular flexibility index (Phi) is 3.49. The highest BCUT2D eigenvalue weighted by Crippen LogP contribution is 2.39. The van der Waals surface area contributed by atoms with Crippen molar-refractivity contribution in [3.05, 3.63) is 0 Å². The minimum absolute atomic E-state index is 0.110. The Hall–Kier alpha value is -1.08. The van der Waals surface area contributed by atoms with Crippen LogP contribution in [0.3, 0.4) is 0 Å². The molecule has 0 atom stereocenters. The molecule has 3 aliphatic rings. The van der Waals surface area contributed by atoms with Gasteiger partial charge in [-0.1, -0.05) is 12.8 Å². The molecule has 1 amide bonds. The topological polar surface area (TPSA) is 47.3 Å². The average Bonchev–Trinajstić information content (AvgIpc) is 3.13. The molecule has 0 aromatic carbocycles. The van der Waals surface area contributed by atoms with Gasteiger partial charge in [-0.15, -0.1) is 0 Å². The third-order valence-electron chi connectivity index (χ3n) is 4.95. The molecule has 4 nitrogen and oxygen atoms in total. The Morgan fingerprint density at radius 1 is 1.16 bits per heavy atom. The van der Waals surface area contributed by atoms with E-state index in [1.165, 1.54) is 19.4 Å². The summed E-state index contributed by atoms with van der Waals surface area (Å²) in [6.07, 6.45) is 6.37. The third kappa shape index (κ3) is 2.62. The number of nitriles is 1. The smallest absolute Gasteiger partial charge is 0.243 e. The quantitative estimate of drug-likeness (QED) is 0.775. The van der Waals surface area contributed by atoms with Gasteiger partial charge >= 0.3 is 0 Å². The van der Waals surface area contributed by atoms with Gasteiger partial charge in [0.05, 0.1) is 6.07 Å². The molecule has 0 N–H and O–H groups in total. The first kappa shape index (κ1) is 12.9. The molecule has 3 rings (SSSR count). The van der Waals surface area contributed by atoms with Crippen molar-refractivity contribution >= 4 is 5.91 Å². The molecule has 19 heavy (non-hydrogen) atoms. The van der Waals surface area contributed by atoms with E-state index >= 15 is 0 Å². The van der Waals surface area contributed by atoms with E-state index in [-0.39, 0.29) is 5.91 Å². The molecule has 104 valence electrons. The van der Waals surface area contributed by atoms with Gasteiger partial charge in [-0.3, -0.25) is 9.69 Å². The molecule has 0 unspecified atom stereocenters. The van der Waals surface area contributed by atoms with Gasteiger partial charge in [0, 0.05) is 32.7 Å². The van der Waals surface area contributed by atoms with Crippen LogP contribution >= 0.6 is 0 Å². The average molecular weight is 261 g/mol. The monoisotopic (exact) mass is 261 g/mol. The Labute approximate surface area is 115 Å². The molecule has 0 spiro atoms. The van der Waals surface area contributed by atoms with Gasteiger partial charge in [-0.25, -0.2) is 0 Å². The van der Waals surface area contributed by atoms with Crippen LogP contribution in [0.1, 0.15) is 38.5 Å². The molecule has 3 fully saturated rings. The maximum absolute atomic E-state index is 12.6. The van der Waals surface area contributed by atoms with E-state index in [4.69, 9.17) is 0 Å². The fourth-order valence-corrected chi connectivity index (χ4v) is 3.45. The largest absolute Gasteiger partial charge is 0.339 e. The lowest BCUT2D eigenvalue weighted by atomic mass is 9.86. The minimum atomic E-state index is -0.682. The summed E-state index contributed by atoms with van der Waals surface area (Å²) in [4.78, 5) is 17.0. The molecule has 0 aromatic rings. The highest BCUT2D eigenvalue weighted by atomic mass is 16.2. The van der Waals surface area contributed by atoms with Crippen molar-refractivity contribution in [2.45, 2.75) is 38.5 Å². The number of carbonyl (C=O) groups excluding carboxylic acids is 1. The molecular formula is C15H23N3O. The first-order valence-electron chi connectivity index (χ1n) is 7.66. The second kappa shape index (κ2) is 5.13. The van der Waals surface area contributed by atoms with Crippen LogP contribution in [0.5, 0.6) is 0 Å². The first-order chi connectivity index (χ1) is 9.23. The molecule has 1 saturated heterocycles. The zero-order chi connectivity index (χ0) is 13.3. The predicted octanol–water partition coefficient (Wildman–Crippen LogP) is 1.62.